The van der Waals surface area contributed by atoms with E-state index >= 15 is 0 Å². The van der Waals surface area contributed by atoms with Crippen molar-refractivity contribution in [2.45, 2.75) is 12.8 Å². The lowest BCUT2D eigenvalue weighted by Crippen LogP contribution is -2.14. The Morgan fingerprint density at radius 3 is 1.45 bits per heavy atom. The Kier molecular flexibility index (Phi) is 4.98. The number of phenolic OH excluding ortho intramolecular Hbond substituents is 2. The highest BCUT2D eigenvalue weighted by molar-refractivity contribution is 5.80. The maximum Gasteiger partial charge on any atom is 0.311 e. The SMILES string of the molecule is O=C(CCC(=O)Oc1ccccc1O)Oc1ccccc1O. The number of benzene rings is 2. The molecule has 0 aliphatic rings. The second-order valence-corrected chi connectivity index (χ2v) is 4.38. The van der Waals surface area contributed by atoms with Crippen molar-refractivity contribution in [2.24, 2.45) is 0 Å². The van der Waals surface area contributed by atoms with E-state index < -0.39 is 11.9 Å². The molecular formula is C16H14O6. The van der Waals surface area contributed by atoms with Gasteiger partial charge in [0.15, 0.2) is 23.0 Å². The fraction of sp³-hybridized carbons (Fsp3) is 0.125. The van der Waals surface area contributed by atoms with Crippen LogP contribution in [0.1, 0.15) is 12.8 Å². The van der Waals surface area contributed by atoms with Crippen molar-refractivity contribution in [1.29, 1.82) is 0 Å². The molecule has 0 spiro atoms. The van der Waals surface area contributed by atoms with E-state index in [0.29, 0.717) is 0 Å². The molecule has 114 valence electrons. The van der Waals surface area contributed by atoms with Crippen LogP contribution >= 0.6 is 0 Å². The first-order chi connectivity index (χ1) is 10.6. The summed E-state index contributed by atoms with van der Waals surface area (Å²) in [7, 11) is 0. The van der Waals surface area contributed by atoms with Crippen LogP contribution < -0.4 is 9.47 Å². The van der Waals surface area contributed by atoms with Gasteiger partial charge in [0.1, 0.15) is 0 Å². The van der Waals surface area contributed by atoms with Crippen LogP contribution in [0.25, 0.3) is 0 Å². The fourth-order valence-electron chi connectivity index (χ4n) is 1.64. The van der Waals surface area contributed by atoms with Crippen molar-refractivity contribution in [3.63, 3.8) is 0 Å². The van der Waals surface area contributed by atoms with Gasteiger partial charge in [0.05, 0.1) is 12.8 Å². The van der Waals surface area contributed by atoms with Crippen molar-refractivity contribution >= 4 is 11.9 Å². The highest BCUT2D eigenvalue weighted by Crippen LogP contribution is 2.26. The van der Waals surface area contributed by atoms with Crippen molar-refractivity contribution in [3.8, 4) is 23.0 Å². The highest BCUT2D eigenvalue weighted by Gasteiger charge is 2.13. The molecule has 0 amide bonds. The predicted octanol–water partition coefficient (Wildman–Crippen LogP) is 2.39. The van der Waals surface area contributed by atoms with E-state index in [1.54, 1.807) is 24.3 Å². The van der Waals surface area contributed by atoms with E-state index in [-0.39, 0.29) is 35.8 Å². The average Bonchev–Trinajstić information content (AvgIpc) is 2.50. The van der Waals surface area contributed by atoms with Crippen LogP contribution in [0.15, 0.2) is 48.5 Å². The van der Waals surface area contributed by atoms with Gasteiger partial charge >= 0.3 is 11.9 Å². The summed E-state index contributed by atoms with van der Waals surface area (Å²) in [6, 6.07) is 12.0. The van der Waals surface area contributed by atoms with E-state index in [1.165, 1.54) is 24.3 Å². The number of para-hydroxylation sites is 4. The first-order valence-corrected chi connectivity index (χ1v) is 6.53. The van der Waals surface area contributed by atoms with Crippen LogP contribution in [0.5, 0.6) is 23.0 Å². The number of carbonyl (C=O) groups excluding carboxylic acids is 2. The van der Waals surface area contributed by atoms with Gasteiger partial charge in [-0.2, -0.15) is 0 Å². The summed E-state index contributed by atoms with van der Waals surface area (Å²) in [6.07, 6.45) is -0.415. The fourth-order valence-corrected chi connectivity index (χ4v) is 1.64. The van der Waals surface area contributed by atoms with Gasteiger partial charge in [-0.15, -0.1) is 0 Å². The standard InChI is InChI=1S/C16H14O6/c17-11-5-1-3-7-13(11)21-15(19)9-10-16(20)22-14-8-4-2-6-12(14)18/h1-8,17-18H,9-10H2. The Labute approximate surface area is 126 Å². The Bertz CT molecular complexity index is 620. The molecule has 2 rings (SSSR count). The molecular weight excluding hydrogens is 288 g/mol. The van der Waals surface area contributed by atoms with E-state index in [1.807, 2.05) is 0 Å². The lowest BCUT2D eigenvalue weighted by atomic mass is 10.3. The number of hydrogen-bond donors (Lipinski definition) is 2. The van der Waals surface area contributed by atoms with Crippen molar-refractivity contribution in [2.75, 3.05) is 0 Å². The van der Waals surface area contributed by atoms with E-state index in [4.69, 9.17) is 9.47 Å². The maximum absolute atomic E-state index is 11.6. The van der Waals surface area contributed by atoms with Crippen LogP contribution in [-0.2, 0) is 9.59 Å². The molecule has 2 aromatic rings. The van der Waals surface area contributed by atoms with Crippen LogP contribution in [0.4, 0.5) is 0 Å². The summed E-state index contributed by atoms with van der Waals surface area (Å²) in [5, 5.41) is 18.9. The minimum atomic E-state index is -0.671. The summed E-state index contributed by atoms with van der Waals surface area (Å²) in [5.74, 6) is -1.60. The van der Waals surface area contributed by atoms with E-state index in [9.17, 15) is 19.8 Å². The molecule has 0 atom stereocenters. The smallest absolute Gasteiger partial charge is 0.311 e. The van der Waals surface area contributed by atoms with Gasteiger partial charge in [0.25, 0.3) is 0 Å². The third-order valence-electron chi connectivity index (χ3n) is 2.71. The molecule has 22 heavy (non-hydrogen) atoms. The average molecular weight is 302 g/mol. The number of aromatic hydroxyl groups is 2. The van der Waals surface area contributed by atoms with Gasteiger partial charge in [-0.25, -0.2) is 0 Å². The second kappa shape index (κ2) is 7.12. The van der Waals surface area contributed by atoms with Crippen LogP contribution in [0, 0.1) is 0 Å². The van der Waals surface area contributed by atoms with Gasteiger partial charge in [-0.3, -0.25) is 9.59 Å². The molecule has 0 saturated heterocycles. The normalized spacial score (nSPS) is 10.0. The lowest BCUT2D eigenvalue weighted by molar-refractivity contribution is -0.140. The largest absolute Gasteiger partial charge is 0.504 e. The van der Waals surface area contributed by atoms with Crippen molar-refractivity contribution < 1.29 is 29.3 Å². The summed E-state index contributed by atoms with van der Waals surface area (Å²) in [5.41, 5.74) is 0. The zero-order valence-corrected chi connectivity index (χ0v) is 11.6. The third kappa shape index (κ3) is 4.24. The van der Waals surface area contributed by atoms with E-state index in [2.05, 4.69) is 0 Å². The van der Waals surface area contributed by atoms with Crippen molar-refractivity contribution in [3.05, 3.63) is 48.5 Å². The minimum absolute atomic E-state index is 0.0292. The van der Waals surface area contributed by atoms with Gasteiger partial charge in [0, 0.05) is 0 Å². The first kappa shape index (κ1) is 15.4. The predicted molar refractivity (Wildman–Crippen MR) is 76.7 cm³/mol. The Hall–Kier alpha value is -3.02. The molecule has 2 aromatic carbocycles. The van der Waals surface area contributed by atoms with Crippen LogP contribution in [0.2, 0.25) is 0 Å². The first-order valence-electron chi connectivity index (χ1n) is 6.53. The number of rotatable bonds is 5. The van der Waals surface area contributed by atoms with Gasteiger partial charge in [-0.05, 0) is 24.3 Å². The number of carbonyl (C=O) groups is 2. The summed E-state index contributed by atoms with van der Waals surface area (Å²) in [4.78, 5) is 23.2. The molecule has 0 heterocycles. The third-order valence-corrected chi connectivity index (χ3v) is 2.71. The molecule has 0 aliphatic carbocycles. The van der Waals surface area contributed by atoms with E-state index in [0.717, 1.165) is 0 Å². The van der Waals surface area contributed by atoms with Crippen LogP contribution in [-0.4, -0.2) is 22.2 Å². The summed E-state index contributed by atoms with van der Waals surface area (Å²) >= 11 is 0. The molecule has 0 fully saturated rings. The van der Waals surface area contributed by atoms with Crippen molar-refractivity contribution in [1.82, 2.24) is 0 Å². The molecule has 0 saturated carbocycles. The zero-order chi connectivity index (χ0) is 15.9. The Morgan fingerprint density at radius 2 is 1.09 bits per heavy atom. The molecule has 2 N–H and O–H groups in total. The highest BCUT2D eigenvalue weighted by atomic mass is 16.5. The summed E-state index contributed by atoms with van der Waals surface area (Å²) in [6.45, 7) is 0. The molecule has 0 aliphatic heterocycles. The molecule has 0 bridgehead atoms. The quantitative estimate of drug-likeness (QED) is 0.650. The van der Waals surface area contributed by atoms with Gasteiger partial charge in [0.2, 0.25) is 0 Å². The lowest BCUT2D eigenvalue weighted by Gasteiger charge is -2.07. The van der Waals surface area contributed by atoms with Gasteiger partial charge in [-0.1, -0.05) is 24.3 Å². The number of phenols is 2. The molecule has 0 radical (unpaired) electrons. The molecule has 0 aromatic heterocycles. The summed E-state index contributed by atoms with van der Waals surface area (Å²) < 4.78 is 9.85. The maximum atomic E-state index is 11.6. The number of esters is 2. The second-order valence-electron chi connectivity index (χ2n) is 4.38. The Morgan fingerprint density at radius 1 is 0.727 bits per heavy atom. The number of hydrogen-bond acceptors (Lipinski definition) is 6. The topological polar surface area (TPSA) is 93.1 Å². The zero-order valence-electron chi connectivity index (χ0n) is 11.6. The minimum Gasteiger partial charge on any atom is -0.504 e. The Balaban J connectivity index is 1.82. The monoisotopic (exact) mass is 302 g/mol. The van der Waals surface area contributed by atoms with Crippen LogP contribution in [0.3, 0.4) is 0 Å². The molecule has 6 nitrogen and oxygen atoms in total. The molecule has 0 unspecified atom stereocenters. The molecule has 6 heteroatoms. The number of ether oxygens (including phenoxy) is 2. The van der Waals surface area contributed by atoms with Gasteiger partial charge < -0.3 is 19.7 Å².